The minimum absolute atomic E-state index is 0.167. The van der Waals surface area contributed by atoms with Gasteiger partial charge >= 0.3 is 6.09 Å². The summed E-state index contributed by atoms with van der Waals surface area (Å²) in [7, 11) is 0. The summed E-state index contributed by atoms with van der Waals surface area (Å²) >= 11 is 0. The number of piperidine rings is 1. The van der Waals surface area contributed by atoms with Crippen molar-refractivity contribution in [2.24, 2.45) is 17.8 Å². The van der Waals surface area contributed by atoms with Crippen LogP contribution in [0.25, 0.3) is 0 Å². The van der Waals surface area contributed by atoms with Crippen LogP contribution < -0.4 is 0 Å². The first kappa shape index (κ1) is 7.58. The predicted octanol–water partition coefficient (Wildman–Crippen LogP) is 0.431. The molecule has 2 fully saturated rings. The predicted molar refractivity (Wildman–Crippen MR) is 40.7 cm³/mol. The molecule has 0 spiro atoms. The van der Waals surface area contributed by atoms with Gasteiger partial charge in [0.25, 0.3) is 0 Å². The third-order valence-corrected chi connectivity index (χ3v) is 2.93. The van der Waals surface area contributed by atoms with E-state index in [1.54, 1.807) is 6.92 Å². The van der Waals surface area contributed by atoms with E-state index >= 15 is 0 Å². The number of ketones is 1. The maximum Gasteiger partial charge on any atom is 0.407 e. The summed E-state index contributed by atoms with van der Waals surface area (Å²) in [5.74, 6) is 1.05. The highest BCUT2D eigenvalue weighted by molar-refractivity contribution is 5.82. The molecule has 2 unspecified atom stereocenters. The molecule has 0 aromatic heterocycles. The molecular weight excluding hydrogens is 158 g/mol. The Morgan fingerprint density at radius 1 is 1.33 bits per heavy atom. The van der Waals surface area contributed by atoms with Crippen LogP contribution in [0.5, 0.6) is 0 Å². The number of carboxylic acid groups (broad SMARTS) is 1. The number of likely N-dealkylation sites (tertiary alicyclic amines) is 1. The fourth-order valence-corrected chi connectivity index (χ4v) is 2.29. The molecule has 1 saturated heterocycles. The van der Waals surface area contributed by atoms with Crippen LogP contribution in [0, 0.1) is 17.8 Å². The highest BCUT2D eigenvalue weighted by Crippen LogP contribution is 2.51. The van der Waals surface area contributed by atoms with E-state index in [4.69, 9.17) is 5.11 Å². The number of Topliss-reactive ketones (excluding diaryl/α,β-unsaturated/α-hetero) is 1. The van der Waals surface area contributed by atoms with Crippen LogP contribution in [-0.4, -0.2) is 35.0 Å². The smallest absolute Gasteiger partial charge is 0.407 e. The Balaban J connectivity index is 1.94. The van der Waals surface area contributed by atoms with Crippen LogP contribution in [-0.2, 0) is 4.79 Å². The fraction of sp³-hybridized carbons (Fsp3) is 0.750. The van der Waals surface area contributed by atoms with Gasteiger partial charge in [0, 0.05) is 19.0 Å². The highest BCUT2D eigenvalue weighted by atomic mass is 16.4. The number of amides is 1. The van der Waals surface area contributed by atoms with Crippen molar-refractivity contribution in [3.63, 3.8) is 0 Å². The lowest BCUT2D eigenvalue weighted by Gasteiger charge is -2.14. The summed E-state index contributed by atoms with van der Waals surface area (Å²) in [5.41, 5.74) is 0. The van der Waals surface area contributed by atoms with Gasteiger partial charge in [0.15, 0.2) is 0 Å². The van der Waals surface area contributed by atoms with Gasteiger partial charge in [-0.05, 0) is 18.8 Å². The van der Waals surface area contributed by atoms with Gasteiger partial charge in [-0.2, -0.15) is 0 Å². The summed E-state index contributed by atoms with van der Waals surface area (Å²) in [6, 6.07) is 0. The fourth-order valence-electron chi connectivity index (χ4n) is 2.29. The molecule has 0 aromatic carbocycles. The molecule has 1 N–H and O–H groups in total. The molecule has 0 bridgehead atoms. The molecule has 2 rings (SSSR count). The molecule has 4 nitrogen and oxygen atoms in total. The van der Waals surface area contributed by atoms with E-state index in [1.165, 1.54) is 4.90 Å². The Labute approximate surface area is 70.2 Å². The Morgan fingerprint density at radius 2 is 1.83 bits per heavy atom. The monoisotopic (exact) mass is 169 g/mol. The molecular formula is C8H11NO3. The van der Waals surface area contributed by atoms with Gasteiger partial charge in [-0.3, -0.25) is 4.79 Å². The van der Waals surface area contributed by atoms with Gasteiger partial charge in [-0.15, -0.1) is 0 Å². The van der Waals surface area contributed by atoms with Crippen LogP contribution in [0.4, 0.5) is 4.79 Å². The minimum Gasteiger partial charge on any atom is -0.465 e. The average Bonchev–Trinajstić information content (AvgIpc) is 2.48. The van der Waals surface area contributed by atoms with Crippen LogP contribution in [0.3, 0.4) is 0 Å². The molecule has 1 saturated carbocycles. The Hall–Kier alpha value is -1.06. The zero-order valence-corrected chi connectivity index (χ0v) is 6.86. The number of carbonyl (C=O) groups is 2. The lowest BCUT2D eigenvalue weighted by atomic mass is 10.2. The molecule has 1 aliphatic heterocycles. The zero-order valence-electron chi connectivity index (χ0n) is 6.86. The molecule has 12 heavy (non-hydrogen) atoms. The second-order valence-electron chi connectivity index (χ2n) is 3.65. The summed E-state index contributed by atoms with van der Waals surface area (Å²) in [6.07, 6.45) is -0.857. The van der Waals surface area contributed by atoms with Crippen molar-refractivity contribution in [1.29, 1.82) is 0 Å². The van der Waals surface area contributed by atoms with E-state index in [-0.39, 0.29) is 11.7 Å². The molecule has 1 aliphatic carbocycles. The number of hydrogen-bond donors (Lipinski definition) is 1. The van der Waals surface area contributed by atoms with E-state index in [2.05, 4.69) is 0 Å². The van der Waals surface area contributed by atoms with Crippen LogP contribution in [0.2, 0.25) is 0 Å². The Morgan fingerprint density at radius 3 is 2.17 bits per heavy atom. The van der Waals surface area contributed by atoms with Crippen molar-refractivity contribution < 1.29 is 14.7 Å². The molecule has 1 heterocycles. The number of carbonyl (C=O) groups excluding carboxylic acids is 1. The van der Waals surface area contributed by atoms with E-state index in [0.717, 1.165) is 0 Å². The quantitative estimate of drug-likeness (QED) is 0.619. The van der Waals surface area contributed by atoms with Crippen LogP contribution in [0.15, 0.2) is 0 Å². The molecule has 4 heteroatoms. The maximum atomic E-state index is 10.9. The second-order valence-corrected chi connectivity index (χ2v) is 3.65. The molecule has 66 valence electrons. The largest absolute Gasteiger partial charge is 0.465 e. The van der Waals surface area contributed by atoms with Gasteiger partial charge in [0.2, 0.25) is 0 Å². The number of rotatable bonds is 1. The summed E-state index contributed by atoms with van der Waals surface area (Å²) in [5, 5.41) is 8.62. The van der Waals surface area contributed by atoms with Crippen molar-refractivity contribution in [2.45, 2.75) is 6.92 Å². The van der Waals surface area contributed by atoms with Crippen LogP contribution >= 0.6 is 0 Å². The number of hydrogen-bond acceptors (Lipinski definition) is 2. The standard InChI is InChI=1S/C8H11NO3/c1-4(10)7-5-2-9(8(11)12)3-6(5)7/h5-7H,2-3H2,1H3,(H,11,12)/t5-,6?,7?/m0/s1. The topological polar surface area (TPSA) is 57.6 Å². The molecule has 3 atom stereocenters. The maximum absolute atomic E-state index is 10.9. The summed E-state index contributed by atoms with van der Waals surface area (Å²) < 4.78 is 0. The number of nitrogens with zero attached hydrogens (tertiary/aromatic N) is 1. The second kappa shape index (κ2) is 2.21. The van der Waals surface area contributed by atoms with Crippen molar-refractivity contribution in [1.82, 2.24) is 4.90 Å². The third-order valence-electron chi connectivity index (χ3n) is 2.93. The first-order valence-corrected chi connectivity index (χ1v) is 4.09. The van der Waals surface area contributed by atoms with Gasteiger partial charge in [-0.25, -0.2) is 4.79 Å². The summed E-state index contributed by atoms with van der Waals surface area (Å²) in [4.78, 5) is 22.8. The van der Waals surface area contributed by atoms with Crippen molar-refractivity contribution in [3.8, 4) is 0 Å². The first-order valence-electron chi connectivity index (χ1n) is 4.09. The molecule has 1 amide bonds. The van der Waals surface area contributed by atoms with E-state index in [0.29, 0.717) is 24.9 Å². The first-order chi connectivity index (χ1) is 5.61. The molecule has 0 aromatic rings. The van der Waals surface area contributed by atoms with E-state index < -0.39 is 6.09 Å². The van der Waals surface area contributed by atoms with Crippen molar-refractivity contribution >= 4 is 11.9 Å². The van der Waals surface area contributed by atoms with Gasteiger partial charge in [0.1, 0.15) is 5.78 Å². The third kappa shape index (κ3) is 0.906. The number of fused-ring (bicyclic) bond motifs is 1. The highest BCUT2D eigenvalue weighted by Gasteiger charge is 2.58. The zero-order chi connectivity index (χ0) is 8.88. The molecule has 2 aliphatic rings. The lowest BCUT2D eigenvalue weighted by Crippen LogP contribution is -2.30. The van der Waals surface area contributed by atoms with Gasteiger partial charge in [0.05, 0.1) is 0 Å². The SMILES string of the molecule is CC(=O)C1C2CN(C(=O)O)C[C@@H]21. The lowest BCUT2D eigenvalue weighted by molar-refractivity contribution is -0.119. The van der Waals surface area contributed by atoms with Crippen LogP contribution in [0.1, 0.15) is 6.92 Å². The summed E-state index contributed by atoms with van der Waals surface area (Å²) in [6.45, 7) is 2.71. The van der Waals surface area contributed by atoms with E-state index in [9.17, 15) is 9.59 Å². The van der Waals surface area contributed by atoms with E-state index in [1.807, 2.05) is 0 Å². The van der Waals surface area contributed by atoms with Crippen molar-refractivity contribution in [3.05, 3.63) is 0 Å². The normalized spacial score (nSPS) is 37.8. The average molecular weight is 169 g/mol. The Kier molecular flexibility index (Phi) is 1.40. The molecule has 0 radical (unpaired) electrons. The van der Waals surface area contributed by atoms with Crippen molar-refractivity contribution in [2.75, 3.05) is 13.1 Å². The van der Waals surface area contributed by atoms with Gasteiger partial charge in [-0.1, -0.05) is 0 Å². The Bertz CT molecular complexity index is 227. The minimum atomic E-state index is -0.857. The van der Waals surface area contributed by atoms with Gasteiger partial charge < -0.3 is 10.0 Å².